The lowest BCUT2D eigenvalue weighted by atomic mass is 9.72. The number of primary amides is 1. The summed E-state index contributed by atoms with van der Waals surface area (Å²) in [5.74, 6) is 1.91. The van der Waals surface area contributed by atoms with E-state index in [0.717, 1.165) is 42.6 Å². The van der Waals surface area contributed by atoms with Crippen LogP contribution in [0.1, 0.15) is 13.3 Å². The van der Waals surface area contributed by atoms with Crippen molar-refractivity contribution in [2.45, 2.75) is 13.3 Å². The van der Waals surface area contributed by atoms with E-state index in [1.165, 1.54) is 0 Å². The van der Waals surface area contributed by atoms with Gasteiger partial charge in [0.25, 0.3) is 0 Å². The first-order chi connectivity index (χ1) is 9.01. The fraction of sp³-hybridized carbons (Fsp3) is 0.643. The van der Waals surface area contributed by atoms with E-state index in [1.54, 1.807) is 0 Å². The zero-order valence-electron chi connectivity index (χ0n) is 11.3. The van der Waals surface area contributed by atoms with Gasteiger partial charge < -0.3 is 10.6 Å². The quantitative estimate of drug-likeness (QED) is 0.866. The zero-order valence-corrected chi connectivity index (χ0v) is 12.8. The third kappa shape index (κ3) is 3.77. The average molecular weight is 301 g/mol. The molecule has 0 saturated carbocycles. The molecule has 1 heterocycles. The molecule has 3 nitrogen and oxygen atoms in total. The second-order valence-electron chi connectivity index (χ2n) is 5.50. The van der Waals surface area contributed by atoms with Crippen molar-refractivity contribution in [2.75, 3.05) is 31.1 Å². The molecule has 2 atom stereocenters. The molecule has 2 rings (SSSR count). The predicted molar refractivity (Wildman–Crippen MR) is 82.2 cm³/mol. The van der Waals surface area contributed by atoms with Crippen LogP contribution in [0, 0.1) is 11.3 Å². The van der Waals surface area contributed by atoms with Crippen LogP contribution in [-0.2, 0) is 4.79 Å². The van der Waals surface area contributed by atoms with Crippen LogP contribution in [0.5, 0.6) is 0 Å². The molecule has 1 saturated heterocycles. The molecule has 0 unspecified atom stereocenters. The third-order valence-electron chi connectivity index (χ3n) is 4.04. The maximum atomic E-state index is 11.9. The minimum Gasteiger partial charge on any atom is -0.369 e. The first kappa shape index (κ1) is 14.9. The van der Waals surface area contributed by atoms with E-state index in [4.69, 9.17) is 17.3 Å². The number of carbonyl (C=O) groups excluding carboxylic acids is 1. The molecule has 106 valence electrons. The number of carbonyl (C=O) groups is 1. The molecular weight excluding hydrogens is 280 g/mol. The highest BCUT2D eigenvalue weighted by Gasteiger charge is 2.37. The Bertz CT molecular complexity index is 404. The summed E-state index contributed by atoms with van der Waals surface area (Å²) >= 11 is 7.94. The smallest absolute Gasteiger partial charge is 0.222 e. The Morgan fingerprint density at radius 1 is 1.58 bits per heavy atom. The lowest BCUT2D eigenvalue weighted by Crippen LogP contribution is -2.46. The van der Waals surface area contributed by atoms with Gasteiger partial charge in [0.2, 0.25) is 5.91 Å². The van der Waals surface area contributed by atoms with E-state index < -0.39 is 0 Å². The van der Waals surface area contributed by atoms with Crippen molar-refractivity contribution in [1.82, 2.24) is 4.90 Å². The molecule has 0 spiro atoms. The number of amides is 1. The number of nitrogens with two attached hydrogens (primary N) is 1. The van der Waals surface area contributed by atoms with Crippen LogP contribution in [0.3, 0.4) is 0 Å². The zero-order chi connectivity index (χ0) is 13.9. The molecule has 1 aliphatic heterocycles. The van der Waals surface area contributed by atoms with Crippen LogP contribution in [0.15, 0.2) is 23.3 Å². The molecule has 2 aliphatic rings. The largest absolute Gasteiger partial charge is 0.369 e. The van der Waals surface area contributed by atoms with Gasteiger partial charge in [-0.2, -0.15) is 11.8 Å². The van der Waals surface area contributed by atoms with Gasteiger partial charge in [0.15, 0.2) is 0 Å². The summed E-state index contributed by atoms with van der Waals surface area (Å²) in [7, 11) is 0. The first-order valence-corrected chi connectivity index (χ1v) is 8.19. The van der Waals surface area contributed by atoms with E-state index in [0.29, 0.717) is 0 Å². The van der Waals surface area contributed by atoms with E-state index in [-0.39, 0.29) is 17.2 Å². The molecule has 19 heavy (non-hydrogen) atoms. The van der Waals surface area contributed by atoms with Gasteiger partial charge in [-0.25, -0.2) is 0 Å². The lowest BCUT2D eigenvalue weighted by molar-refractivity contribution is -0.125. The van der Waals surface area contributed by atoms with Gasteiger partial charge >= 0.3 is 0 Å². The normalized spacial score (nSPS) is 29.9. The van der Waals surface area contributed by atoms with Crippen molar-refractivity contribution in [3.05, 3.63) is 23.3 Å². The molecule has 1 fully saturated rings. The molecule has 0 aromatic heterocycles. The monoisotopic (exact) mass is 300 g/mol. The van der Waals surface area contributed by atoms with Crippen molar-refractivity contribution >= 4 is 29.3 Å². The van der Waals surface area contributed by atoms with Crippen molar-refractivity contribution in [3.8, 4) is 0 Å². The standard InChI is InChI=1S/C14H21ClN2OS/c1-14(4-2-11(15)3-5-14)12(13(16)18)10-17-6-8-19-9-7-17/h2-4,12H,5-10H2,1H3,(H2,16,18)/t12-,14+/m1/s1. The first-order valence-electron chi connectivity index (χ1n) is 6.65. The number of nitrogens with zero attached hydrogens (tertiary/aromatic N) is 1. The molecular formula is C14H21ClN2OS. The fourth-order valence-corrected chi connectivity index (χ4v) is 3.77. The number of hydrogen-bond acceptors (Lipinski definition) is 3. The minimum atomic E-state index is -0.213. The summed E-state index contributed by atoms with van der Waals surface area (Å²) in [5, 5.41) is 0.745. The van der Waals surface area contributed by atoms with E-state index in [9.17, 15) is 4.79 Å². The number of hydrogen-bond donors (Lipinski definition) is 1. The Morgan fingerprint density at radius 2 is 2.26 bits per heavy atom. The van der Waals surface area contributed by atoms with Crippen molar-refractivity contribution < 1.29 is 4.79 Å². The highest BCUT2D eigenvalue weighted by atomic mass is 35.5. The number of allylic oxidation sites excluding steroid dienone is 4. The van der Waals surface area contributed by atoms with Crippen LogP contribution >= 0.6 is 23.4 Å². The summed E-state index contributed by atoms with van der Waals surface area (Å²) in [6.45, 7) is 4.94. The minimum absolute atomic E-state index is 0.159. The Balaban J connectivity index is 2.07. The average Bonchev–Trinajstić information content (AvgIpc) is 2.40. The molecule has 0 radical (unpaired) electrons. The maximum absolute atomic E-state index is 11.9. The molecule has 0 bridgehead atoms. The summed E-state index contributed by atoms with van der Waals surface area (Å²) in [5.41, 5.74) is 5.43. The van der Waals surface area contributed by atoms with Gasteiger partial charge in [0, 0.05) is 41.6 Å². The third-order valence-corrected chi connectivity index (χ3v) is 5.27. The lowest BCUT2D eigenvalue weighted by Gasteiger charge is -2.38. The van der Waals surface area contributed by atoms with Gasteiger partial charge in [0.1, 0.15) is 0 Å². The Hall–Kier alpha value is -0.450. The van der Waals surface area contributed by atoms with E-state index >= 15 is 0 Å². The van der Waals surface area contributed by atoms with Gasteiger partial charge in [-0.05, 0) is 12.5 Å². The second kappa shape index (κ2) is 6.33. The molecule has 2 N–H and O–H groups in total. The molecule has 0 aromatic carbocycles. The Labute approximate surface area is 124 Å². The van der Waals surface area contributed by atoms with Gasteiger partial charge in [0.05, 0.1) is 5.92 Å². The topological polar surface area (TPSA) is 46.3 Å². The van der Waals surface area contributed by atoms with Crippen LogP contribution in [0.4, 0.5) is 0 Å². The van der Waals surface area contributed by atoms with Crippen LogP contribution < -0.4 is 5.73 Å². The summed E-state index contributed by atoms with van der Waals surface area (Å²) in [6, 6.07) is 0. The Morgan fingerprint density at radius 3 is 2.79 bits per heavy atom. The van der Waals surface area contributed by atoms with Gasteiger partial charge in [-0.3, -0.25) is 4.79 Å². The van der Waals surface area contributed by atoms with Crippen molar-refractivity contribution in [3.63, 3.8) is 0 Å². The number of rotatable bonds is 4. The fourth-order valence-electron chi connectivity index (χ4n) is 2.65. The van der Waals surface area contributed by atoms with Crippen molar-refractivity contribution in [2.24, 2.45) is 17.1 Å². The SMILES string of the molecule is C[C@]1([C@H](CN2CCSCC2)C(N)=O)C=CC(Cl)=CC1. The maximum Gasteiger partial charge on any atom is 0.222 e. The van der Waals surface area contributed by atoms with Gasteiger partial charge in [-0.1, -0.05) is 30.7 Å². The molecule has 0 aromatic rings. The summed E-state index contributed by atoms with van der Waals surface area (Å²) in [4.78, 5) is 14.2. The predicted octanol–water partition coefficient (Wildman–Crippen LogP) is 2.23. The Kier molecular flexibility index (Phi) is 4.98. The van der Waals surface area contributed by atoms with Crippen LogP contribution in [-0.4, -0.2) is 41.9 Å². The highest BCUT2D eigenvalue weighted by molar-refractivity contribution is 7.99. The van der Waals surface area contributed by atoms with Crippen molar-refractivity contribution in [1.29, 1.82) is 0 Å². The van der Waals surface area contributed by atoms with E-state index in [1.807, 2.05) is 30.0 Å². The molecule has 5 heteroatoms. The number of thioether (sulfide) groups is 1. The molecule has 1 amide bonds. The van der Waals surface area contributed by atoms with E-state index in [2.05, 4.69) is 11.8 Å². The van der Waals surface area contributed by atoms with Crippen LogP contribution in [0.2, 0.25) is 0 Å². The van der Waals surface area contributed by atoms with Gasteiger partial charge in [-0.15, -0.1) is 0 Å². The summed E-state index contributed by atoms with van der Waals surface area (Å²) in [6.07, 6.45) is 6.68. The highest BCUT2D eigenvalue weighted by Crippen LogP contribution is 2.38. The summed E-state index contributed by atoms with van der Waals surface area (Å²) < 4.78 is 0. The molecule has 1 aliphatic carbocycles. The van der Waals surface area contributed by atoms with Crippen LogP contribution in [0.25, 0.3) is 0 Å². The second-order valence-corrected chi connectivity index (χ2v) is 7.16. The number of halogens is 1.